The Hall–Kier alpha value is -2.23. The molecule has 39 heavy (non-hydrogen) atoms. The van der Waals surface area contributed by atoms with E-state index in [1.165, 1.54) is 30.4 Å². The molecule has 0 aliphatic carbocycles. The Morgan fingerprint density at radius 2 is 1.03 bits per heavy atom. The van der Waals surface area contributed by atoms with Crippen LogP contribution in [-0.4, -0.2) is 66.2 Å². The van der Waals surface area contributed by atoms with Crippen molar-refractivity contribution in [3.63, 3.8) is 0 Å². The SMILES string of the molecule is CC(=O)O.CC(=O)O.CC(=O)[O-].CC(=O)[O-].CC(=O)[O-].CCCCc1ccc(CNCCNCCN)cc1.[Gd+3]. The fraction of sp³-hybridized carbons (Fsp3) is 0.560. The molecule has 1 aromatic carbocycles. The third-order valence-corrected chi connectivity index (χ3v) is 2.97. The number of carboxylic acid groups (broad SMARTS) is 5. The summed E-state index contributed by atoms with van der Waals surface area (Å²) in [6.45, 7) is 11.8. The summed E-state index contributed by atoms with van der Waals surface area (Å²) in [4.78, 5) is 44.7. The molecule has 0 saturated carbocycles. The van der Waals surface area contributed by atoms with Crippen LogP contribution in [0.5, 0.6) is 0 Å². The molecule has 1 rings (SSSR count). The van der Waals surface area contributed by atoms with Crippen LogP contribution in [0.3, 0.4) is 0 Å². The summed E-state index contributed by atoms with van der Waals surface area (Å²) in [5.74, 6) is -4.92. The van der Waals surface area contributed by atoms with E-state index >= 15 is 0 Å². The number of rotatable bonds is 10. The second-order valence-corrected chi connectivity index (χ2v) is 7.15. The van der Waals surface area contributed by atoms with Gasteiger partial charge in [-0.05, 0) is 44.7 Å². The van der Waals surface area contributed by atoms with Gasteiger partial charge in [0.25, 0.3) is 11.9 Å². The topological polar surface area (TPSA) is 245 Å². The van der Waals surface area contributed by atoms with E-state index in [1.807, 2.05) is 0 Å². The standard InChI is InChI=1S/C15H27N3.5C2H4O2.Gd/c1-2-3-4-14-5-7-15(8-6-14)13-18-12-11-17-10-9-16;5*1-2(3)4;/h5-8,17-18H,2-4,9-13,16H2,1H3;5*1H3,(H,3,4);/q;;;;;;+3/p-3. The van der Waals surface area contributed by atoms with Crippen molar-refractivity contribution < 1.29 is 89.4 Å². The number of aryl methyl sites for hydroxylation is 1. The van der Waals surface area contributed by atoms with E-state index in [1.54, 1.807) is 0 Å². The fourth-order valence-corrected chi connectivity index (χ4v) is 1.84. The van der Waals surface area contributed by atoms with Gasteiger partial charge >= 0.3 is 39.9 Å². The number of carbonyl (C=O) groups is 5. The van der Waals surface area contributed by atoms with Gasteiger partial charge in [0.2, 0.25) is 0 Å². The van der Waals surface area contributed by atoms with E-state index < -0.39 is 29.8 Å². The average Bonchev–Trinajstić information content (AvgIpc) is 2.73. The summed E-state index contributed by atoms with van der Waals surface area (Å²) in [5, 5.41) is 48.2. The molecule has 0 aliphatic heterocycles. The minimum atomic E-state index is -1.08. The number of carbonyl (C=O) groups excluding carboxylic acids is 3. The van der Waals surface area contributed by atoms with Crippen LogP contribution in [0, 0.1) is 39.9 Å². The van der Waals surface area contributed by atoms with E-state index in [2.05, 4.69) is 41.8 Å². The molecule has 1 radical (unpaired) electrons. The summed E-state index contributed by atoms with van der Waals surface area (Å²) in [5.41, 5.74) is 8.21. The van der Waals surface area contributed by atoms with Crippen molar-refractivity contribution in [3.05, 3.63) is 35.4 Å². The Balaban J connectivity index is -0.000000106. The third kappa shape index (κ3) is 104. The Morgan fingerprint density at radius 1 is 0.718 bits per heavy atom. The zero-order chi connectivity index (χ0) is 30.9. The van der Waals surface area contributed by atoms with Crippen molar-refractivity contribution >= 4 is 29.8 Å². The van der Waals surface area contributed by atoms with Gasteiger partial charge in [0.05, 0.1) is 0 Å². The Morgan fingerprint density at radius 3 is 1.33 bits per heavy atom. The van der Waals surface area contributed by atoms with Crippen LogP contribution in [0.4, 0.5) is 0 Å². The Labute approximate surface area is 263 Å². The van der Waals surface area contributed by atoms with Gasteiger partial charge in [-0.25, -0.2) is 0 Å². The average molecular weight is 704 g/mol. The van der Waals surface area contributed by atoms with Gasteiger partial charge in [0.1, 0.15) is 0 Å². The summed E-state index contributed by atoms with van der Waals surface area (Å²) >= 11 is 0. The third-order valence-electron chi connectivity index (χ3n) is 2.97. The molecule has 0 aliphatic rings. The number of carboxylic acids is 5. The molecule has 227 valence electrons. The number of aliphatic carboxylic acids is 5. The zero-order valence-electron chi connectivity index (χ0n) is 23.6. The summed E-state index contributed by atoms with van der Waals surface area (Å²) in [6.07, 6.45) is 3.75. The molecular weight excluding hydrogens is 660 g/mol. The largest absolute Gasteiger partial charge is 3.00 e. The first-order chi connectivity index (χ1) is 17.5. The van der Waals surface area contributed by atoms with Crippen LogP contribution in [0.2, 0.25) is 0 Å². The predicted molar refractivity (Wildman–Crippen MR) is 137 cm³/mol. The van der Waals surface area contributed by atoms with Crippen molar-refractivity contribution in [1.82, 2.24) is 10.6 Å². The Bertz CT molecular complexity index is 644. The number of unbranched alkanes of at least 4 members (excludes halogenated alkanes) is 1. The van der Waals surface area contributed by atoms with Gasteiger partial charge in [0, 0.05) is 64.5 Å². The molecule has 0 spiro atoms. The molecule has 0 unspecified atom stereocenters. The summed E-state index contributed by atoms with van der Waals surface area (Å²) in [6, 6.07) is 8.95. The monoisotopic (exact) mass is 704 g/mol. The van der Waals surface area contributed by atoms with Crippen LogP contribution >= 0.6 is 0 Å². The van der Waals surface area contributed by atoms with E-state index in [0.29, 0.717) is 6.54 Å². The first-order valence-corrected chi connectivity index (χ1v) is 11.6. The maximum atomic E-state index is 9.00. The minimum Gasteiger partial charge on any atom is -0.550 e. The maximum absolute atomic E-state index is 9.00. The molecule has 0 fully saturated rings. The number of benzene rings is 1. The van der Waals surface area contributed by atoms with Gasteiger partial charge in [-0.15, -0.1) is 0 Å². The van der Waals surface area contributed by atoms with Crippen LogP contribution in [-0.2, 0) is 36.9 Å². The molecule has 13 nitrogen and oxygen atoms in total. The van der Waals surface area contributed by atoms with Crippen LogP contribution in [0.1, 0.15) is 65.5 Å². The number of nitrogens with two attached hydrogens (primary N) is 1. The predicted octanol–water partition coefficient (Wildman–Crippen LogP) is -1.88. The van der Waals surface area contributed by atoms with Crippen molar-refractivity contribution in [2.24, 2.45) is 5.73 Å². The molecule has 1 aromatic rings. The van der Waals surface area contributed by atoms with Gasteiger partial charge in [0.15, 0.2) is 0 Å². The number of nitrogens with one attached hydrogen (secondary N) is 2. The first kappa shape index (κ1) is 49.7. The molecule has 0 atom stereocenters. The summed E-state index contributed by atoms with van der Waals surface area (Å²) < 4.78 is 0. The smallest absolute Gasteiger partial charge is 0.550 e. The van der Waals surface area contributed by atoms with Crippen molar-refractivity contribution in [2.75, 3.05) is 26.2 Å². The quantitative estimate of drug-likeness (QED) is 0.168. The van der Waals surface area contributed by atoms with Gasteiger partial charge in [-0.3, -0.25) is 9.59 Å². The van der Waals surface area contributed by atoms with E-state index in [9.17, 15) is 0 Å². The van der Waals surface area contributed by atoms with E-state index in [0.717, 1.165) is 60.8 Å². The van der Waals surface area contributed by atoms with E-state index in [-0.39, 0.29) is 39.9 Å². The van der Waals surface area contributed by atoms with Crippen LogP contribution < -0.4 is 31.7 Å². The second kappa shape index (κ2) is 40.3. The van der Waals surface area contributed by atoms with Gasteiger partial charge < -0.3 is 56.3 Å². The molecule has 0 aromatic heterocycles. The molecule has 6 N–H and O–H groups in total. The first-order valence-electron chi connectivity index (χ1n) is 11.6. The normalized spacial score (nSPS) is 8.18. The second-order valence-electron chi connectivity index (χ2n) is 7.15. The van der Waals surface area contributed by atoms with E-state index in [4.69, 9.17) is 55.2 Å². The summed E-state index contributed by atoms with van der Waals surface area (Å²) in [7, 11) is 0. The van der Waals surface area contributed by atoms with Crippen LogP contribution in [0.25, 0.3) is 0 Å². The van der Waals surface area contributed by atoms with Crippen molar-refractivity contribution in [3.8, 4) is 0 Å². The van der Waals surface area contributed by atoms with Gasteiger partial charge in [-0.1, -0.05) is 37.6 Å². The number of hydrogen-bond acceptors (Lipinski definition) is 11. The molecular formula is C25H44GdN3O10. The zero-order valence-corrected chi connectivity index (χ0v) is 25.8. The molecule has 0 heterocycles. The Kier molecular flexibility index (Phi) is 51.3. The molecule has 14 heteroatoms. The molecule has 0 bridgehead atoms. The maximum Gasteiger partial charge on any atom is 3.00 e. The molecule has 0 amide bonds. The van der Waals surface area contributed by atoms with Crippen molar-refractivity contribution in [2.45, 2.75) is 67.3 Å². The van der Waals surface area contributed by atoms with Gasteiger partial charge in [-0.2, -0.15) is 0 Å². The minimum absolute atomic E-state index is 0. The van der Waals surface area contributed by atoms with Crippen molar-refractivity contribution in [1.29, 1.82) is 0 Å². The van der Waals surface area contributed by atoms with Crippen LogP contribution in [0.15, 0.2) is 24.3 Å². The number of hydrogen-bond donors (Lipinski definition) is 5. The fourth-order valence-electron chi connectivity index (χ4n) is 1.84. The molecule has 0 saturated heterocycles.